The van der Waals surface area contributed by atoms with E-state index in [4.69, 9.17) is 0 Å². The summed E-state index contributed by atoms with van der Waals surface area (Å²) in [5.41, 5.74) is 3.16. The molecule has 0 radical (unpaired) electrons. The summed E-state index contributed by atoms with van der Waals surface area (Å²) in [5, 5.41) is 3.01. The van der Waals surface area contributed by atoms with Gasteiger partial charge in [-0.2, -0.15) is 0 Å². The van der Waals surface area contributed by atoms with Gasteiger partial charge in [0.05, 0.1) is 5.56 Å². The fourth-order valence-electron chi connectivity index (χ4n) is 2.04. The highest BCUT2D eigenvalue weighted by atomic mass is 127. The van der Waals surface area contributed by atoms with Crippen molar-refractivity contribution >= 4 is 28.5 Å². The van der Waals surface area contributed by atoms with Crippen molar-refractivity contribution in [1.29, 1.82) is 0 Å². The first-order chi connectivity index (χ1) is 9.58. The monoisotopic (exact) mass is 379 g/mol. The average molecular weight is 379 g/mol. The van der Waals surface area contributed by atoms with Gasteiger partial charge in [-0.15, -0.1) is 0 Å². The van der Waals surface area contributed by atoms with E-state index in [1.54, 1.807) is 0 Å². The summed E-state index contributed by atoms with van der Waals surface area (Å²) >= 11 is 2.21. The van der Waals surface area contributed by atoms with Gasteiger partial charge < -0.3 is 5.32 Å². The Labute approximate surface area is 133 Å². The van der Waals surface area contributed by atoms with Crippen molar-refractivity contribution in [2.24, 2.45) is 0 Å². The van der Waals surface area contributed by atoms with E-state index in [1.165, 1.54) is 11.1 Å². The lowest BCUT2D eigenvalue weighted by molar-refractivity contribution is 0.0951. The second-order valence-electron chi connectivity index (χ2n) is 5.01. The minimum Gasteiger partial charge on any atom is -0.351 e. The van der Waals surface area contributed by atoms with Gasteiger partial charge in [0.25, 0.3) is 5.91 Å². The Bertz CT molecular complexity index is 595. The predicted molar refractivity (Wildman–Crippen MR) is 91.1 cm³/mol. The average Bonchev–Trinajstić information content (AvgIpc) is 2.45. The van der Waals surface area contributed by atoms with Gasteiger partial charge in [-0.3, -0.25) is 4.79 Å². The van der Waals surface area contributed by atoms with Crippen molar-refractivity contribution in [2.45, 2.75) is 19.8 Å². The SMILES string of the molecule is Cc1ccc(C(=O)NC[C@@H](C)c2ccccc2)c(I)c1. The molecule has 0 unspecified atom stereocenters. The van der Waals surface area contributed by atoms with Crippen molar-refractivity contribution in [3.8, 4) is 0 Å². The predicted octanol–water partition coefficient (Wildman–Crippen LogP) is 4.13. The van der Waals surface area contributed by atoms with Gasteiger partial charge in [0, 0.05) is 10.1 Å². The number of benzene rings is 2. The van der Waals surface area contributed by atoms with Crippen LogP contribution in [0.3, 0.4) is 0 Å². The number of aryl methyl sites for hydroxylation is 1. The molecule has 0 aromatic heterocycles. The third kappa shape index (κ3) is 3.82. The second kappa shape index (κ2) is 6.88. The van der Waals surface area contributed by atoms with E-state index >= 15 is 0 Å². The highest BCUT2D eigenvalue weighted by Gasteiger charge is 2.11. The van der Waals surface area contributed by atoms with Crippen LogP contribution >= 0.6 is 22.6 Å². The fourth-order valence-corrected chi connectivity index (χ4v) is 2.96. The van der Waals surface area contributed by atoms with Crippen molar-refractivity contribution in [2.75, 3.05) is 6.54 Å². The number of carbonyl (C=O) groups excluding carboxylic acids is 1. The number of nitrogens with one attached hydrogen (secondary N) is 1. The summed E-state index contributed by atoms with van der Waals surface area (Å²) in [7, 11) is 0. The molecule has 1 amide bonds. The normalized spacial score (nSPS) is 11.9. The summed E-state index contributed by atoms with van der Waals surface area (Å²) < 4.78 is 0.993. The number of halogens is 1. The Morgan fingerprint density at radius 3 is 2.55 bits per heavy atom. The Balaban J connectivity index is 1.99. The molecular weight excluding hydrogens is 361 g/mol. The van der Waals surface area contributed by atoms with E-state index in [0.717, 1.165) is 9.13 Å². The Hall–Kier alpha value is -1.36. The Morgan fingerprint density at radius 2 is 1.90 bits per heavy atom. The third-order valence-corrected chi connectivity index (χ3v) is 4.20. The van der Waals surface area contributed by atoms with Crippen LogP contribution in [0.2, 0.25) is 0 Å². The molecule has 2 rings (SSSR count). The van der Waals surface area contributed by atoms with Crippen LogP contribution in [-0.2, 0) is 0 Å². The molecule has 2 nitrogen and oxygen atoms in total. The zero-order chi connectivity index (χ0) is 14.5. The van der Waals surface area contributed by atoms with Crippen LogP contribution in [0.4, 0.5) is 0 Å². The summed E-state index contributed by atoms with van der Waals surface area (Å²) in [4.78, 5) is 12.2. The molecule has 0 aliphatic heterocycles. The number of rotatable bonds is 4. The van der Waals surface area contributed by atoms with Gasteiger partial charge in [-0.1, -0.05) is 48.9 Å². The molecule has 0 spiro atoms. The molecule has 20 heavy (non-hydrogen) atoms. The number of hydrogen-bond donors (Lipinski definition) is 1. The Morgan fingerprint density at radius 1 is 1.20 bits per heavy atom. The van der Waals surface area contributed by atoms with Crippen LogP contribution < -0.4 is 5.32 Å². The second-order valence-corrected chi connectivity index (χ2v) is 6.17. The number of amides is 1. The van der Waals surface area contributed by atoms with Gasteiger partial charge in [0.15, 0.2) is 0 Å². The van der Waals surface area contributed by atoms with Crippen molar-refractivity contribution in [1.82, 2.24) is 5.32 Å². The zero-order valence-corrected chi connectivity index (χ0v) is 13.8. The van der Waals surface area contributed by atoms with E-state index in [0.29, 0.717) is 12.5 Å². The first-order valence-electron chi connectivity index (χ1n) is 6.67. The maximum Gasteiger partial charge on any atom is 0.252 e. The molecule has 104 valence electrons. The molecule has 0 aliphatic rings. The quantitative estimate of drug-likeness (QED) is 0.796. The van der Waals surface area contributed by atoms with E-state index in [9.17, 15) is 4.79 Å². The van der Waals surface area contributed by atoms with Crippen LogP contribution in [0.1, 0.15) is 34.3 Å². The molecule has 0 aliphatic carbocycles. The molecule has 2 aromatic rings. The van der Waals surface area contributed by atoms with E-state index in [1.807, 2.05) is 43.3 Å². The molecule has 0 bridgehead atoms. The van der Waals surface area contributed by atoms with Crippen LogP contribution in [0.25, 0.3) is 0 Å². The third-order valence-electron chi connectivity index (χ3n) is 3.31. The zero-order valence-electron chi connectivity index (χ0n) is 11.7. The van der Waals surface area contributed by atoms with Crippen molar-refractivity contribution in [3.63, 3.8) is 0 Å². The molecule has 2 aromatic carbocycles. The first kappa shape index (κ1) is 15.0. The summed E-state index contributed by atoms with van der Waals surface area (Å²) in [5.74, 6) is 0.306. The van der Waals surface area contributed by atoms with Gasteiger partial charge in [0.1, 0.15) is 0 Å². The highest BCUT2D eigenvalue weighted by molar-refractivity contribution is 14.1. The largest absolute Gasteiger partial charge is 0.351 e. The number of hydrogen-bond acceptors (Lipinski definition) is 1. The summed E-state index contributed by atoms with van der Waals surface area (Å²) in [6.45, 7) is 4.80. The first-order valence-corrected chi connectivity index (χ1v) is 7.75. The van der Waals surface area contributed by atoms with Crippen LogP contribution in [0.5, 0.6) is 0 Å². The van der Waals surface area contributed by atoms with Crippen LogP contribution in [0.15, 0.2) is 48.5 Å². The van der Waals surface area contributed by atoms with Crippen molar-refractivity contribution in [3.05, 3.63) is 68.8 Å². The standard InChI is InChI=1S/C17H18INO/c1-12-8-9-15(16(18)10-12)17(20)19-11-13(2)14-6-4-3-5-7-14/h3-10,13H,11H2,1-2H3,(H,19,20)/t13-/m1/s1. The molecular formula is C17H18INO. The molecule has 0 heterocycles. The minimum absolute atomic E-state index is 0.00261. The maximum atomic E-state index is 12.2. The minimum atomic E-state index is -0.00261. The maximum absolute atomic E-state index is 12.2. The van der Waals surface area contributed by atoms with Crippen LogP contribution in [0, 0.1) is 10.5 Å². The number of carbonyl (C=O) groups is 1. The molecule has 1 atom stereocenters. The lowest BCUT2D eigenvalue weighted by Crippen LogP contribution is -2.28. The Kier molecular flexibility index (Phi) is 5.17. The summed E-state index contributed by atoms with van der Waals surface area (Å²) in [6.07, 6.45) is 0. The highest BCUT2D eigenvalue weighted by Crippen LogP contribution is 2.16. The fraction of sp³-hybridized carbons (Fsp3) is 0.235. The molecule has 3 heteroatoms. The topological polar surface area (TPSA) is 29.1 Å². The van der Waals surface area contributed by atoms with Gasteiger partial charge in [0.2, 0.25) is 0 Å². The van der Waals surface area contributed by atoms with Crippen LogP contribution in [-0.4, -0.2) is 12.5 Å². The van der Waals surface area contributed by atoms with Crippen molar-refractivity contribution < 1.29 is 4.79 Å². The van der Waals surface area contributed by atoms with E-state index in [2.05, 4.69) is 47.0 Å². The van der Waals surface area contributed by atoms with Gasteiger partial charge >= 0.3 is 0 Å². The molecule has 0 saturated carbocycles. The smallest absolute Gasteiger partial charge is 0.252 e. The summed E-state index contributed by atoms with van der Waals surface area (Å²) in [6, 6.07) is 16.1. The lowest BCUT2D eigenvalue weighted by atomic mass is 10.0. The molecule has 1 N–H and O–H groups in total. The van der Waals surface area contributed by atoms with E-state index < -0.39 is 0 Å². The molecule has 0 fully saturated rings. The van der Waals surface area contributed by atoms with Gasteiger partial charge in [-0.05, 0) is 53.1 Å². The van der Waals surface area contributed by atoms with Gasteiger partial charge in [-0.25, -0.2) is 0 Å². The molecule has 0 saturated heterocycles. The lowest BCUT2D eigenvalue weighted by Gasteiger charge is -2.13. The van der Waals surface area contributed by atoms with E-state index in [-0.39, 0.29) is 5.91 Å².